The molecule has 0 N–H and O–H groups in total. The molecular formula is C46H53NO3S2Si. The van der Waals surface area contributed by atoms with Gasteiger partial charge in [0.25, 0.3) is 0 Å². The van der Waals surface area contributed by atoms with Gasteiger partial charge in [-0.05, 0) is 110 Å². The molecule has 0 amide bonds. The van der Waals surface area contributed by atoms with Gasteiger partial charge in [0.05, 0.1) is 15.5 Å². The lowest BCUT2D eigenvalue weighted by Crippen LogP contribution is -2.57. The number of para-hydroxylation sites is 1. The number of fused-ring (bicyclic) bond motifs is 3. The van der Waals surface area contributed by atoms with Crippen LogP contribution < -0.4 is 4.50 Å². The van der Waals surface area contributed by atoms with Crippen molar-refractivity contribution < 1.29 is 13.3 Å². The number of rotatable bonds is 19. The summed E-state index contributed by atoms with van der Waals surface area (Å²) in [6.45, 7) is 13.0. The number of unbranched alkanes of at least 4 members (excludes halogenated alkanes) is 3. The molecule has 4 nitrogen and oxygen atoms in total. The number of benzene rings is 4. The van der Waals surface area contributed by atoms with Crippen LogP contribution >= 0.6 is 23.1 Å². The Morgan fingerprint density at radius 3 is 1.81 bits per heavy atom. The van der Waals surface area contributed by atoms with Gasteiger partial charge in [-0.2, -0.15) is 0 Å². The first-order valence-corrected chi connectivity index (χ1v) is 22.6. The van der Waals surface area contributed by atoms with E-state index in [0.717, 1.165) is 48.7 Å². The van der Waals surface area contributed by atoms with E-state index in [0.29, 0.717) is 19.8 Å². The molecule has 7 heteroatoms. The zero-order valence-corrected chi connectivity index (χ0v) is 34.5. The second kappa shape index (κ2) is 19.1. The molecule has 0 spiro atoms. The molecule has 0 bridgehead atoms. The molecule has 2 heterocycles. The Balaban J connectivity index is 1.31. The highest BCUT2D eigenvalue weighted by molar-refractivity contribution is 7.99. The number of hydrogen-bond acceptors (Lipinski definition) is 5. The Hall–Kier alpha value is -3.69. The third kappa shape index (κ3) is 9.34. The highest BCUT2D eigenvalue weighted by atomic mass is 32.2. The number of aromatic nitrogens is 1. The Kier molecular flexibility index (Phi) is 14.0. The van der Waals surface area contributed by atoms with Gasteiger partial charge in [-0.3, -0.25) is 0 Å². The summed E-state index contributed by atoms with van der Waals surface area (Å²) in [5.74, 6) is 0. The maximum absolute atomic E-state index is 6.68. The fourth-order valence-electron chi connectivity index (χ4n) is 6.42. The van der Waals surface area contributed by atoms with Crippen LogP contribution in [-0.4, -0.2) is 33.2 Å². The summed E-state index contributed by atoms with van der Waals surface area (Å²) in [4.78, 5) is 3.69. The molecule has 276 valence electrons. The highest BCUT2D eigenvalue weighted by Crippen LogP contribution is 2.37. The van der Waals surface area contributed by atoms with Crippen LogP contribution in [0.5, 0.6) is 0 Å². The number of thiophene rings is 1. The predicted molar refractivity (Wildman–Crippen MR) is 231 cm³/mol. The minimum atomic E-state index is -3.07. The van der Waals surface area contributed by atoms with Gasteiger partial charge in [-0.25, -0.2) is 0 Å². The quantitative estimate of drug-likeness (QED) is 0.0468. The van der Waals surface area contributed by atoms with Gasteiger partial charge in [0.15, 0.2) is 0 Å². The molecule has 0 unspecified atom stereocenters. The summed E-state index contributed by atoms with van der Waals surface area (Å²) < 4.78 is 23.6. The van der Waals surface area contributed by atoms with E-state index in [1.807, 2.05) is 0 Å². The third-order valence-corrected chi connectivity index (χ3v) is 15.4. The van der Waals surface area contributed by atoms with Gasteiger partial charge < -0.3 is 17.8 Å². The lowest BCUT2D eigenvalue weighted by molar-refractivity contribution is 0.0706. The van der Waals surface area contributed by atoms with E-state index >= 15 is 0 Å². The molecule has 53 heavy (non-hydrogen) atoms. The van der Waals surface area contributed by atoms with E-state index in [1.54, 1.807) is 23.1 Å². The van der Waals surface area contributed by atoms with E-state index in [9.17, 15) is 0 Å². The van der Waals surface area contributed by atoms with Crippen molar-refractivity contribution in [3.8, 4) is 5.69 Å². The van der Waals surface area contributed by atoms with E-state index in [-0.39, 0.29) is 0 Å². The zero-order valence-electron chi connectivity index (χ0n) is 31.9. The predicted octanol–water partition coefficient (Wildman–Crippen LogP) is 12.9. The summed E-state index contributed by atoms with van der Waals surface area (Å²) in [5, 5.41) is 2.50. The van der Waals surface area contributed by atoms with Crippen molar-refractivity contribution >= 4 is 70.4 Å². The van der Waals surface area contributed by atoms with Crippen molar-refractivity contribution in [2.45, 2.75) is 82.9 Å². The Morgan fingerprint density at radius 2 is 1.19 bits per heavy atom. The minimum absolute atomic E-state index is 0.660. The molecule has 0 saturated carbocycles. The lowest BCUT2D eigenvalue weighted by atomic mass is 10.1. The molecule has 0 saturated heterocycles. The van der Waals surface area contributed by atoms with E-state index in [1.165, 1.54) is 53.2 Å². The van der Waals surface area contributed by atoms with Crippen LogP contribution in [0.4, 0.5) is 0 Å². The number of nitrogens with zero attached hydrogens (tertiary/aromatic N) is 1. The van der Waals surface area contributed by atoms with Crippen molar-refractivity contribution in [3.63, 3.8) is 0 Å². The van der Waals surface area contributed by atoms with Gasteiger partial charge in [0, 0.05) is 50.9 Å². The van der Waals surface area contributed by atoms with Crippen molar-refractivity contribution in [1.82, 2.24) is 4.57 Å². The topological polar surface area (TPSA) is 32.6 Å². The van der Waals surface area contributed by atoms with Crippen molar-refractivity contribution in [2.24, 2.45) is 0 Å². The smallest absolute Gasteiger partial charge is 0.370 e. The summed E-state index contributed by atoms with van der Waals surface area (Å²) in [6, 6.07) is 34.9. The van der Waals surface area contributed by atoms with E-state index < -0.39 is 8.80 Å². The van der Waals surface area contributed by atoms with Crippen LogP contribution in [0.15, 0.2) is 119 Å². The monoisotopic (exact) mass is 759 g/mol. The third-order valence-electron chi connectivity index (χ3n) is 9.53. The molecule has 0 fully saturated rings. The van der Waals surface area contributed by atoms with Crippen LogP contribution in [0.25, 0.3) is 39.6 Å². The van der Waals surface area contributed by atoms with E-state index in [2.05, 4.69) is 161 Å². The molecule has 4 aromatic carbocycles. The first-order chi connectivity index (χ1) is 26.0. The molecular weight excluding hydrogens is 707 g/mol. The summed E-state index contributed by atoms with van der Waals surface area (Å²) >= 11 is 3.58. The van der Waals surface area contributed by atoms with Crippen LogP contribution in [0.2, 0.25) is 0 Å². The van der Waals surface area contributed by atoms with Gasteiger partial charge in [-0.1, -0.05) is 112 Å². The average Bonchev–Trinajstić information content (AvgIpc) is 3.66. The fraction of sp³-hybridized carbons (Fsp3) is 0.304. The van der Waals surface area contributed by atoms with Crippen LogP contribution in [0, 0.1) is 13.8 Å². The Bertz CT molecular complexity index is 2110. The van der Waals surface area contributed by atoms with Crippen molar-refractivity contribution in [2.75, 3.05) is 19.8 Å². The lowest BCUT2D eigenvalue weighted by Gasteiger charge is -2.29. The largest absolute Gasteiger partial charge is 0.547 e. The normalized spacial score (nSPS) is 12.3. The summed E-state index contributed by atoms with van der Waals surface area (Å²) in [6.07, 6.45) is 15.0. The van der Waals surface area contributed by atoms with Gasteiger partial charge >= 0.3 is 8.80 Å². The molecule has 6 rings (SSSR count). The maximum Gasteiger partial charge on any atom is 0.547 e. The Labute approximate surface area is 325 Å². The van der Waals surface area contributed by atoms with Gasteiger partial charge in [-0.15, -0.1) is 11.3 Å². The molecule has 0 aliphatic rings. The maximum atomic E-state index is 6.68. The van der Waals surface area contributed by atoms with Crippen molar-refractivity contribution in [3.05, 3.63) is 131 Å². The van der Waals surface area contributed by atoms with Crippen LogP contribution in [0.3, 0.4) is 0 Å². The summed E-state index contributed by atoms with van der Waals surface area (Å²) in [5.41, 5.74) is 7.24. The first kappa shape index (κ1) is 39.0. The molecule has 6 aromatic rings. The molecule has 2 aromatic heterocycles. The number of hydrogen-bond donors (Lipinski definition) is 0. The SMILES string of the molecule is CCCCO[Si](OCCCC)(OCCCC)c1sc(/C=C/C=C/c2ccc3c(c2)c2cc(Sc4ccccc4)ccc2n3-c2ccccc2)c(C)c1C. The molecule has 0 radical (unpaired) electrons. The summed E-state index contributed by atoms with van der Waals surface area (Å²) in [7, 11) is -3.07. The number of allylic oxidation sites excluding steroid dienone is 2. The van der Waals surface area contributed by atoms with Crippen LogP contribution in [-0.2, 0) is 13.3 Å². The molecule has 0 atom stereocenters. The second-order valence-electron chi connectivity index (χ2n) is 13.5. The Morgan fingerprint density at radius 1 is 0.623 bits per heavy atom. The standard InChI is InChI=1S/C46H53NO3S2Si/c1-6-9-30-48-53(49-31-10-7-2,50-32-11-8-3)46-36(5)35(4)45(52-46)25-19-18-20-37-26-28-43-41(33-37)42-34-40(51-39-23-16-13-17-24-39)27-29-44(42)47(43)38-21-14-12-15-22-38/h12-29,33-34H,6-11,30-32H2,1-5H3/b20-18+,25-19+. The fourth-order valence-corrected chi connectivity index (χ4v) is 12.2. The first-order valence-electron chi connectivity index (χ1n) is 19.2. The zero-order chi connectivity index (χ0) is 37.0. The van der Waals surface area contributed by atoms with Gasteiger partial charge in [0.2, 0.25) is 0 Å². The molecule has 0 aliphatic carbocycles. The van der Waals surface area contributed by atoms with E-state index in [4.69, 9.17) is 13.3 Å². The minimum Gasteiger partial charge on any atom is -0.370 e. The van der Waals surface area contributed by atoms with Gasteiger partial charge in [0.1, 0.15) is 0 Å². The van der Waals surface area contributed by atoms with Crippen LogP contribution in [0.1, 0.15) is 80.9 Å². The molecule has 0 aliphatic heterocycles. The highest BCUT2D eigenvalue weighted by Gasteiger charge is 2.47. The average molecular weight is 760 g/mol. The van der Waals surface area contributed by atoms with Crippen molar-refractivity contribution in [1.29, 1.82) is 0 Å². The second-order valence-corrected chi connectivity index (χ2v) is 18.5.